The highest BCUT2D eigenvalue weighted by molar-refractivity contribution is 14.0. The molecule has 1 heterocycles. The highest BCUT2D eigenvalue weighted by Crippen LogP contribution is 2.09. The van der Waals surface area contributed by atoms with Gasteiger partial charge >= 0.3 is 0 Å². The van der Waals surface area contributed by atoms with Gasteiger partial charge in [0.05, 0.1) is 0 Å². The van der Waals surface area contributed by atoms with E-state index in [9.17, 15) is 0 Å². The molecule has 0 aliphatic heterocycles. The van der Waals surface area contributed by atoms with Crippen molar-refractivity contribution in [3.8, 4) is 5.69 Å². The number of rotatable bonds is 9. The maximum Gasteiger partial charge on any atom is 0.191 e. The van der Waals surface area contributed by atoms with E-state index in [2.05, 4.69) is 39.7 Å². The quantitative estimate of drug-likeness (QED) is 0.254. The second-order valence-corrected chi connectivity index (χ2v) is 5.89. The van der Waals surface area contributed by atoms with Gasteiger partial charge in [0, 0.05) is 31.5 Å². The molecule has 0 atom stereocenters. The lowest BCUT2D eigenvalue weighted by Crippen LogP contribution is -2.41. The number of aromatic nitrogens is 3. The Kier molecular flexibility index (Phi) is 10.9. The summed E-state index contributed by atoms with van der Waals surface area (Å²) in [6.45, 7) is 8.94. The van der Waals surface area contributed by atoms with Crippen molar-refractivity contribution in [3.05, 3.63) is 42.5 Å². The Morgan fingerprint density at radius 3 is 2.73 bits per heavy atom. The molecule has 0 aliphatic carbocycles. The van der Waals surface area contributed by atoms with Crippen molar-refractivity contribution >= 4 is 29.9 Å². The standard InChI is InChI=1S/C18H28N6O.HI/c1-4-25-12-8-11-19-18(22-15(2)3)20-13-17-23-21-14-24(17)16-9-6-5-7-10-16;/h5-7,9-10,14-15H,4,8,11-13H2,1-3H3,(H2,19,20,22);1H. The van der Waals surface area contributed by atoms with Crippen LogP contribution in [0.4, 0.5) is 0 Å². The molecule has 2 rings (SSSR count). The van der Waals surface area contributed by atoms with Crippen LogP contribution in [-0.2, 0) is 11.3 Å². The first-order chi connectivity index (χ1) is 12.2. The van der Waals surface area contributed by atoms with Gasteiger partial charge in [0.1, 0.15) is 12.9 Å². The molecule has 0 saturated heterocycles. The van der Waals surface area contributed by atoms with Crippen LogP contribution >= 0.6 is 24.0 Å². The van der Waals surface area contributed by atoms with Gasteiger partial charge in [0.25, 0.3) is 0 Å². The van der Waals surface area contributed by atoms with Crippen molar-refractivity contribution in [2.45, 2.75) is 39.8 Å². The van der Waals surface area contributed by atoms with E-state index in [-0.39, 0.29) is 24.0 Å². The van der Waals surface area contributed by atoms with E-state index in [4.69, 9.17) is 4.74 Å². The Morgan fingerprint density at radius 2 is 2.04 bits per heavy atom. The maximum absolute atomic E-state index is 5.36. The molecule has 0 amide bonds. The highest BCUT2D eigenvalue weighted by atomic mass is 127. The highest BCUT2D eigenvalue weighted by Gasteiger charge is 2.07. The third-order valence-corrected chi connectivity index (χ3v) is 3.42. The van der Waals surface area contributed by atoms with Crippen LogP contribution in [0.5, 0.6) is 0 Å². The lowest BCUT2D eigenvalue weighted by atomic mass is 10.3. The lowest BCUT2D eigenvalue weighted by molar-refractivity contribution is 0.145. The summed E-state index contributed by atoms with van der Waals surface area (Å²) in [6, 6.07) is 10.3. The topological polar surface area (TPSA) is 76.4 Å². The molecule has 0 aliphatic rings. The number of aliphatic imine (C=N–C) groups is 1. The van der Waals surface area contributed by atoms with E-state index in [1.54, 1.807) is 6.33 Å². The van der Waals surface area contributed by atoms with E-state index in [1.165, 1.54) is 0 Å². The molecule has 7 nitrogen and oxygen atoms in total. The predicted molar refractivity (Wildman–Crippen MR) is 115 cm³/mol. The normalized spacial score (nSPS) is 11.3. The van der Waals surface area contributed by atoms with Crippen molar-refractivity contribution < 1.29 is 4.74 Å². The summed E-state index contributed by atoms with van der Waals surface area (Å²) in [5, 5.41) is 14.9. The monoisotopic (exact) mass is 472 g/mol. The van der Waals surface area contributed by atoms with Crippen LogP contribution in [0.3, 0.4) is 0 Å². The molecule has 2 aromatic rings. The van der Waals surface area contributed by atoms with Crippen LogP contribution in [0.15, 0.2) is 41.7 Å². The molecular formula is C18H29IN6O. The zero-order valence-electron chi connectivity index (χ0n) is 15.7. The first kappa shape index (κ1) is 22.4. The SMILES string of the molecule is CCOCCCNC(=NCc1nncn1-c1ccccc1)NC(C)C.I. The zero-order chi connectivity index (χ0) is 17.9. The van der Waals surface area contributed by atoms with Crippen molar-refractivity contribution in [3.63, 3.8) is 0 Å². The molecule has 0 unspecified atom stereocenters. The summed E-state index contributed by atoms with van der Waals surface area (Å²) >= 11 is 0. The number of halogens is 1. The van der Waals surface area contributed by atoms with Crippen molar-refractivity contribution in [2.24, 2.45) is 4.99 Å². The van der Waals surface area contributed by atoms with Gasteiger partial charge in [-0.05, 0) is 39.3 Å². The second kappa shape index (κ2) is 12.6. The van der Waals surface area contributed by atoms with Gasteiger partial charge in [-0.25, -0.2) is 4.99 Å². The minimum atomic E-state index is 0. The fourth-order valence-corrected chi connectivity index (χ4v) is 2.27. The lowest BCUT2D eigenvalue weighted by Gasteiger charge is -2.15. The summed E-state index contributed by atoms with van der Waals surface area (Å²) in [4.78, 5) is 4.64. The van der Waals surface area contributed by atoms with Crippen LogP contribution in [0, 0.1) is 0 Å². The van der Waals surface area contributed by atoms with Gasteiger partial charge in [-0.15, -0.1) is 34.2 Å². The summed E-state index contributed by atoms with van der Waals surface area (Å²) in [5.74, 6) is 1.57. The first-order valence-corrected chi connectivity index (χ1v) is 8.77. The van der Waals surface area contributed by atoms with Gasteiger partial charge < -0.3 is 15.4 Å². The molecular weight excluding hydrogens is 443 g/mol. The van der Waals surface area contributed by atoms with E-state index in [1.807, 2.05) is 41.8 Å². The largest absolute Gasteiger partial charge is 0.382 e. The Balaban J connectivity index is 0.00000338. The molecule has 0 radical (unpaired) electrons. The van der Waals surface area contributed by atoms with Gasteiger partial charge in [-0.3, -0.25) is 4.57 Å². The van der Waals surface area contributed by atoms with Crippen molar-refractivity contribution in [1.29, 1.82) is 0 Å². The predicted octanol–water partition coefficient (Wildman–Crippen LogP) is 2.76. The maximum atomic E-state index is 5.36. The molecule has 144 valence electrons. The number of benzene rings is 1. The Bertz CT molecular complexity index is 644. The molecule has 0 fully saturated rings. The number of guanidine groups is 1. The fourth-order valence-electron chi connectivity index (χ4n) is 2.27. The van der Waals surface area contributed by atoms with E-state index >= 15 is 0 Å². The van der Waals surface area contributed by atoms with Gasteiger partial charge in [-0.2, -0.15) is 0 Å². The molecule has 0 saturated carbocycles. The molecule has 8 heteroatoms. The van der Waals surface area contributed by atoms with Crippen LogP contribution in [0.25, 0.3) is 5.69 Å². The van der Waals surface area contributed by atoms with Crippen molar-refractivity contribution in [2.75, 3.05) is 19.8 Å². The molecule has 1 aromatic carbocycles. The number of nitrogens with one attached hydrogen (secondary N) is 2. The minimum absolute atomic E-state index is 0. The van der Waals surface area contributed by atoms with Crippen LogP contribution in [0.2, 0.25) is 0 Å². The van der Waals surface area contributed by atoms with Crippen LogP contribution < -0.4 is 10.6 Å². The van der Waals surface area contributed by atoms with Crippen molar-refractivity contribution in [1.82, 2.24) is 25.4 Å². The molecule has 0 bridgehead atoms. The zero-order valence-corrected chi connectivity index (χ0v) is 18.0. The number of hydrogen-bond acceptors (Lipinski definition) is 4. The molecule has 1 aromatic heterocycles. The summed E-state index contributed by atoms with van der Waals surface area (Å²) in [5.41, 5.74) is 1.03. The first-order valence-electron chi connectivity index (χ1n) is 8.77. The molecule has 2 N–H and O–H groups in total. The number of nitrogens with zero attached hydrogens (tertiary/aromatic N) is 4. The van der Waals surface area contributed by atoms with E-state index in [0.717, 1.165) is 43.7 Å². The van der Waals surface area contributed by atoms with Gasteiger partial charge in [0.2, 0.25) is 0 Å². The minimum Gasteiger partial charge on any atom is -0.382 e. The Hall–Kier alpha value is -1.68. The smallest absolute Gasteiger partial charge is 0.191 e. The summed E-state index contributed by atoms with van der Waals surface area (Å²) < 4.78 is 7.31. The number of ether oxygens (including phenoxy) is 1. The van der Waals surface area contributed by atoms with Gasteiger partial charge in [0.15, 0.2) is 11.8 Å². The Labute approximate surface area is 172 Å². The second-order valence-electron chi connectivity index (χ2n) is 5.89. The van der Waals surface area contributed by atoms with Crippen LogP contribution in [-0.4, -0.2) is 46.5 Å². The third-order valence-electron chi connectivity index (χ3n) is 3.42. The van der Waals surface area contributed by atoms with Gasteiger partial charge in [-0.1, -0.05) is 18.2 Å². The third kappa shape index (κ3) is 7.69. The average molecular weight is 472 g/mol. The van der Waals surface area contributed by atoms with Crippen LogP contribution in [0.1, 0.15) is 33.0 Å². The number of para-hydroxylation sites is 1. The summed E-state index contributed by atoms with van der Waals surface area (Å²) in [6.07, 6.45) is 2.65. The molecule has 26 heavy (non-hydrogen) atoms. The number of hydrogen-bond donors (Lipinski definition) is 2. The van der Waals surface area contributed by atoms with E-state index < -0.39 is 0 Å². The average Bonchev–Trinajstić information content (AvgIpc) is 3.08. The molecule has 0 spiro atoms. The fraction of sp³-hybridized carbons (Fsp3) is 0.500. The van der Waals surface area contributed by atoms with E-state index in [0.29, 0.717) is 12.6 Å². The Morgan fingerprint density at radius 1 is 1.27 bits per heavy atom. The summed E-state index contributed by atoms with van der Waals surface area (Å²) in [7, 11) is 0.